The molecule has 0 saturated carbocycles. The van der Waals surface area contributed by atoms with Crippen molar-refractivity contribution in [1.29, 1.82) is 5.41 Å². The SMILES string of the molecule is N=[C-]NCN.[CH3-].[W+2]. The van der Waals surface area contributed by atoms with Gasteiger partial charge in [0, 0.05) is 6.67 Å². The Kier molecular flexibility index (Phi) is 37.0. The first-order valence-electron chi connectivity index (χ1n) is 1.26. The number of rotatable bonds is 2. The third-order valence-electron chi connectivity index (χ3n) is 0.190. The van der Waals surface area contributed by atoms with Crippen LogP contribution in [-0.2, 0) is 21.1 Å². The second-order valence-electron chi connectivity index (χ2n) is 0.506. The standard InChI is InChI=1S/C2H6N3.CH3.W/c3-1-5-2-4;;/h1,3H2,(H2,4,5);1H3;/q2*-1;+2. The molecule has 0 amide bonds. The van der Waals surface area contributed by atoms with E-state index in [1.807, 2.05) is 6.34 Å². The number of hydrogen-bond donors (Lipinski definition) is 3. The molecule has 0 saturated heterocycles. The normalized spacial score (nSPS) is 4.71. The summed E-state index contributed by atoms with van der Waals surface area (Å²) in [4.78, 5) is 0. The second-order valence-corrected chi connectivity index (χ2v) is 0.506. The third-order valence-corrected chi connectivity index (χ3v) is 0.190. The van der Waals surface area contributed by atoms with Gasteiger partial charge in [-0.1, -0.05) is 0 Å². The summed E-state index contributed by atoms with van der Waals surface area (Å²) >= 11 is 0. The van der Waals surface area contributed by atoms with Crippen molar-refractivity contribution in [3.63, 3.8) is 0 Å². The summed E-state index contributed by atoms with van der Waals surface area (Å²) in [6.45, 7) is 0.295. The molecule has 0 atom stereocenters. The van der Waals surface area contributed by atoms with Crippen molar-refractivity contribution in [3.8, 4) is 0 Å². The molecule has 0 fully saturated rings. The van der Waals surface area contributed by atoms with Crippen molar-refractivity contribution >= 4 is 6.34 Å². The maximum atomic E-state index is 6.16. The van der Waals surface area contributed by atoms with E-state index in [0.717, 1.165) is 0 Å². The molecule has 0 aromatic carbocycles. The number of nitrogens with two attached hydrogens (primary N) is 1. The Labute approximate surface area is 58.4 Å². The minimum absolute atomic E-state index is 0. The van der Waals surface area contributed by atoms with Gasteiger partial charge in [-0.15, -0.1) is 0 Å². The molecule has 0 aliphatic carbocycles. The van der Waals surface area contributed by atoms with E-state index in [-0.39, 0.29) is 28.5 Å². The van der Waals surface area contributed by atoms with E-state index in [1.54, 1.807) is 0 Å². The van der Waals surface area contributed by atoms with Gasteiger partial charge in [0.25, 0.3) is 0 Å². The number of hydrogen-bond acceptors (Lipinski definition) is 2. The van der Waals surface area contributed by atoms with Gasteiger partial charge in [-0.3, -0.25) is 0 Å². The van der Waals surface area contributed by atoms with Gasteiger partial charge in [0.1, 0.15) is 0 Å². The fraction of sp³-hybridized carbons (Fsp3) is 0.333. The Bertz CT molecular complexity index is 31.4. The van der Waals surface area contributed by atoms with Gasteiger partial charge in [-0.2, -0.15) is 0 Å². The van der Waals surface area contributed by atoms with E-state index >= 15 is 0 Å². The molecule has 0 aromatic rings. The van der Waals surface area contributed by atoms with Gasteiger partial charge in [0.05, 0.1) is 0 Å². The summed E-state index contributed by atoms with van der Waals surface area (Å²) in [6, 6.07) is 0. The maximum absolute atomic E-state index is 6.16. The van der Waals surface area contributed by atoms with Crippen LogP contribution in [-0.4, -0.2) is 13.0 Å². The van der Waals surface area contributed by atoms with E-state index < -0.39 is 0 Å². The van der Waals surface area contributed by atoms with Crippen LogP contribution >= 0.6 is 0 Å². The molecule has 0 aliphatic heterocycles. The maximum Gasteiger partial charge on any atom is 2.00 e. The average Bonchev–Trinajstić information content (AvgIpc) is 1.41. The first kappa shape index (κ1) is 15.7. The molecule has 3 nitrogen and oxygen atoms in total. The molecular weight excluding hydrogens is 262 g/mol. The summed E-state index contributed by atoms with van der Waals surface area (Å²) in [6.07, 6.45) is 1.89. The second kappa shape index (κ2) is 16.5. The first-order valence-corrected chi connectivity index (χ1v) is 1.26. The van der Waals surface area contributed by atoms with Crippen LogP contribution in [0.3, 0.4) is 0 Å². The molecule has 0 aromatic heterocycles. The van der Waals surface area contributed by atoms with Crippen molar-refractivity contribution in [2.45, 2.75) is 0 Å². The van der Waals surface area contributed by atoms with Gasteiger partial charge in [0.15, 0.2) is 0 Å². The molecule has 0 rings (SSSR count). The summed E-state index contributed by atoms with van der Waals surface area (Å²) < 4.78 is 0. The van der Waals surface area contributed by atoms with Gasteiger partial charge in [0.2, 0.25) is 0 Å². The van der Waals surface area contributed by atoms with E-state index in [2.05, 4.69) is 5.32 Å². The van der Waals surface area contributed by atoms with E-state index in [1.165, 1.54) is 0 Å². The largest absolute Gasteiger partial charge is 2.00 e. The summed E-state index contributed by atoms with van der Waals surface area (Å²) in [5, 5.41) is 8.47. The van der Waals surface area contributed by atoms with Gasteiger partial charge < -0.3 is 30.2 Å². The van der Waals surface area contributed by atoms with Crippen molar-refractivity contribution in [2.75, 3.05) is 6.67 Å². The van der Waals surface area contributed by atoms with Crippen LogP contribution in [0.1, 0.15) is 0 Å². The molecule has 0 spiro atoms. The minimum Gasteiger partial charge on any atom is -0.539 e. The zero-order valence-electron chi connectivity index (χ0n) is 4.19. The first-order chi connectivity index (χ1) is 2.41. The number of nitrogens with one attached hydrogen (secondary N) is 2. The minimum atomic E-state index is 0. The molecule has 0 bridgehead atoms. The zero-order chi connectivity index (χ0) is 4.12. The van der Waals surface area contributed by atoms with Crippen LogP contribution < -0.4 is 11.1 Å². The van der Waals surface area contributed by atoms with Crippen molar-refractivity contribution in [3.05, 3.63) is 7.43 Å². The summed E-state index contributed by atoms with van der Waals surface area (Å²) in [7, 11) is 0. The smallest absolute Gasteiger partial charge is 0.539 e. The van der Waals surface area contributed by atoms with Crippen LogP contribution in [0.2, 0.25) is 0 Å². The Hall–Kier alpha value is 0.118. The predicted molar refractivity (Wildman–Crippen MR) is 26.3 cm³/mol. The Morgan fingerprint density at radius 2 is 2.14 bits per heavy atom. The Balaban J connectivity index is -0.0000000800. The average molecular weight is 271 g/mol. The van der Waals surface area contributed by atoms with Crippen molar-refractivity contribution < 1.29 is 21.1 Å². The Morgan fingerprint density at radius 1 is 1.71 bits per heavy atom. The molecule has 0 unspecified atom stereocenters. The molecular formula is C3H9N3W. The van der Waals surface area contributed by atoms with Crippen molar-refractivity contribution in [1.82, 2.24) is 5.32 Å². The molecule has 4 N–H and O–H groups in total. The topological polar surface area (TPSA) is 61.9 Å². The van der Waals surface area contributed by atoms with E-state index in [0.29, 0.717) is 6.67 Å². The molecule has 7 heavy (non-hydrogen) atoms. The van der Waals surface area contributed by atoms with E-state index in [9.17, 15) is 0 Å². The van der Waals surface area contributed by atoms with Crippen LogP contribution in [0.15, 0.2) is 0 Å². The quantitative estimate of drug-likeness (QED) is 0.207. The van der Waals surface area contributed by atoms with Gasteiger partial charge in [-0.05, 0) is 0 Å². The van der Waals surface area contributed by atoms with Crippen LogP contribution in [0.5, 0.6) is 0 Å². The molecule has 0 radical (unpaired) electrons. The van der Waals surface area contributed by atoms with Crippen LogP contribution in [0, 0.1) is 12.8 Å². The summed E-state index contributed by atoms with van der Waals surface area (Å²) in [5.41, 5.74) is 4.85. The zero-order valence-corrected chi connectivity index (χ0v) is 7.13. The predicted octanol–water partition coefficient (Wildman–Crippen LogP) is -0.576. The molecule has 42 valence electrons. The fourth-order valence-electron chi connectivity index (χ4n) is 0.0510. The molecule has 4 heteroatoms. The van der Waals surface area contributed by atoms with Crippen LogP contribution in [0.25, 0.3) is 0 Å². The van der Waals surface area contributed by atoms with Gasteiger partial charge >= 0.3 is 21.1 Å². The fourth-order valence-corrected chi connectivity index (χ4v) is 0.0510. The summed E-state index contributed by atoms with van der Waals surface area (Å²) in [5.74, 6) is 0. The van der Waals surface area contributed by atoms with Gasteiger partial charge in [-0.25, -0.2) is 0 Å². The molecule has 0 heterocycles. The van der Waals surface area contributed by atoms with Crippen LogP contribution in [0.4, 0.5) is 0 Å². The Morgan fingerprint density at radius 3 is 2.14 bits per heavy atom. The third kappa shape index (κ3) is 23.1. The monoisotopic (exact) mass is 271 g/mol. The molecule has 0 aliphatic rings. The van der Waals surface area contributed by atoms with Crippen molar-refractivity contribution in [2.24, 2.45) is 5.73 Å². The van der Waals surface area contributed by atoms with E-state index in [4.69, 9.17) is 11.1 Å².